The Morgan fingerprint density at radius 2 is 2.06 bits per heavy atom. The summed E-state index contributed by atoms with van der Waals surface area (Å²) in [4.78, 5) is 11.5. The fraction of sp³-hybridized carbons (Fsp3) is 0.500. The van der Waals surface area contributed by atoms with Gasteiger partial charge >= 0.3 is 0 Å². The summed E-state index contributed by atoms with van der Waals surface area (Å²) in [6, 6.07) is 5.65. The molecule has 0 fully saturated rings. The number of carbonyl (C=O) groups is 1. The molecule has 0 amide bonds. The molecule has 0 aliphatic carbocycles. The minimum absolute atomic E-state index is 0.0843. The lowest BCUT2D eigenvalue weighted by Gasteiger charge is -2.16. The molecule has 94 valence electrons. The molecule has 1 rings (SSSR count). The van der Waals surface area contributed by atoms with Crippen molar-refractivity contribution >= 4 is 5.78 Å². The molecule has 3 nitrogen and oxygen atoms in total. The van der Waals surface area contributed by atoms with Gasteiger partial charge in [0, 0.05) is 18.4 Å². The lowest BCUT2D eigenvalue weighted by molar-refractivity contribution is -0.118. The Bertz CT molecular complexity index is 383. The van der Waals surface area contributed by atoms with Gasteiger partial charge in [0.25, 0.3) is 0 Å². The maximum atomic E-state index is 11.5. The van der Waals surface area contributed by atoms with Crippen molar-refractivity contribution in [2.75, 3.05) is 7.11 Å². The van der Waals surface area contributed by atoms with Crippen LogP contribution in [-0.2, 0) is 11.2 Å². The van der Waals surface area contributed by atoms with Crippen molar-refractivity contribution in [1.29, 1.82) is 0 Å². The van der Waals surface area contributed by atoms with Crippen molar-refractivity contribution < 1.29 is 14.3 Å². The number of hydrogen-bond donors (Lipinski definition) is 0. The van der Waals surface area contributed by atoms with E-state index in [2.05, 4.69) is 0 Å². The molecule has 3 heteroatoms. The van der Waals surface area contributed by atoms with Gasteiger partial charge in [0.1, 0.15) is 5.78 Å². The van der Waals surface area contributed by atoms with Crippen LogP contribution < -0.4 is 9.47 Å². The molecule has 1 aromatic carbocycles. The van der Waals surface area contributed by atoms with Crippen LogP contribution in [0.1, 0.15) is 32.8 Å². The second-order valence-corrected chi connectivity index (χ2v) is 4.18. The second-order valence-electron chi connectivity index (χ2n) is 4.18. The van der Waals surface area contributed by atoms with Gasteiger partial charge in [-0.3, -0.25) is 4.79 Å². The number of hydrogen-bond acceptors (Lipinski definition) is 3. The first-order chi connectivity index (χ1) is 8.08. The summed E-state index contributed by atoms with van der Waals surface area (Å²) in [7, 11) is 1.60. The molecule has 0 bridgehead atoms. The molecule has 0 spiro atoms. The van der Waals surface area contributed by atoms with E-state index < -0.39 is 0 Å². The van der Waals surface area contributed by atoms with Crippen molar-refractivity contribution in [3.05, 3.63) is 23.8 Å². The van der Waals surface area contributed by atoms with Gasteiger partial charge in [-0.1, -0.05) is 19.1 Å². The molecular formula is C14H20O3. The van der Waals surface area contributed by atoms with Crippen molar-refractivity contribution in [3.8, 4) is 11.5 Å². The van der Waals surface area contributed by atoms with E-state index in [1.807, 2.05) is 39.0 Å². The molecule has 0 radical (unpaired) electrons. The van der Waals surface area contributed by atoms with Gasteiger partial charge < -0.3 is 9.47 Å². The van der Waals surface area contributed by atoms with Crippen LogP contribution >= 0.6 is 0 Å². The SMILES string of the molecule is CCC(=O)Cc1cccc(OC(C)C)c1OC. The zero-order chi connectivity index (χ0) is 12.8. The Labute approximate surface area is 103 Å². The van der Waals surface area contributed by atoms with Gasteiger partial charge in [0.15, 0.2) is 11.5 Å². The summed E-state index contributed by atoms with van der Waals surface area (Å²) in [5, 5.41) is 0. The third-order valence-corrected chi connectivity index (χ3v) is 2.41. The van der Waals surface area contributed by atoms with Crippen LogP contribution in [0.5, 0.6) is 11.5 Å². The molecule has 0 aromatic heterocycles. The van der Waals surface area contributed by atoms with Crippen molar-refractivity contribution in [2.24, 2.45) is 0 Å². The van der Waals surface area contributed by atoms with E-state index in [4.69, 9.17) is 9.47 Å². The lowest BCUT2D eigenvalue weighted by Crippen LogP contribution is -2.09. The normalized spacial score (nSPS) is 10.4. The molecule has 0 unspecified atom stereocenters. The topological polar surface area (TPSA) is 35.5 Å². The molecule has 0 saturated carbocycles. The molecule has 0 atom stereocenters. The third kappa shape index (κ3) is 3.77. The van der Waals surface area contributed by atoms with E-state index in [-0.39, 0.29) is 11.9 Å². The quantitative estimate of drug-likeness (QED) is 0.761. The number of methoxy groups -OCH3 is 1. The van der Waals surface area contributed by atoms with Gasteiger partial charge in [0.05, 0.1) is 13.2 Å². The monoisotopic (exact) mass is 236 g/mol. The van der Waals surface area contributed by atoms with E-state index >= 15 is 0 Å². The number of rotatable bonds is 6. The van der Waals surface area contributed by atoms with Crippen LogP contribution in [0.4, 0.5) is 0 Å². The van der Waals surface area contributed by atoms with E-state index in [0.717, 1.165) is 5.56 Å². The molecular weight excluding hydrogens is 216 g/mol. The van der Waals surface area contributed by atoms with Gasteiger partial charge in [0.2, 0.25) is 0 Å². The summed E-state index contributed by atoms with van der Waals surface area (Å²) in [6.07, 6.45) is 1.02. The van der Waals surface area contributed by atoms with Crippen molar-refractivity contribution in [2.45, 2.75) is 39.7 Å². The number of carbonyl (C=O) groups excluding carboxylic acids is 1. The minimum Gasteiger partial charge on any atom is -0.493 e. The van der Waals surface area contributed by atoms with Crippen LogP contribution in [0.3, 0.4) is 0 Å². The molecule has 1 aromatic rings. The lowest BCUT2D eigenvalue weighted by atomic mass is 10.1. The largest absolute Gasteiger partial charge is 0.493 e. The molecule has 0 aliphatic rings. The van der Waals surface area contributed by atoms with Crippen LogP contribution in [0, 0.1) is 0 Å². The summed E-state index contributed by atoms with van der Waals surface area (Å²) < 4.78 is 11.0. The summed E-state index contributed by atoms with van der Waals surface area (Å²) in [5.41, 5.74) is 0.887. The minimum atomic E-state index is 0.0843. The van der Waals surface area contributed by atoms with Crippen LogP contribution in [0.2, 0.25) is 0 Å². The fourth-order valence-corrected chi connectivity index (χ4v) is 1.62. The summed E-state index contributed by atoms with van der Waals surface area (Å²) in [5.74, 6) is 1.57. The Hall–Kier alpha value is -1.51. The number of Topliss-reactive ketones (excluding diaryl/α,β-unsaturated/α-hetero) is 1. The number of ether oxygens (including phenoxy) is 2. The average Bonchev–Trinajstić information content (AvgIpc) is 2.28. The van der Waals surface area contributed by atoms with E-state index in [0.29, 0.717) is 24.3 Å². The van der Waals surface area contributed by atoms with Gasteiger partial charge in [-0.2, -0.15) is 0 Å². The highest BCUT2D eigenvalue weighted by molar-refractivity contribution is 5.81. The molecule has 0 aliphatic heterocycles. The Balaban J connectivity index is 3.00. The smallest absolute Gasteiger partial charge is 0.164 e. The zero-order valence-electron chi connectivity index (χ0n) is 10.9. The first-order valence-corrected chi connectivity index (χ1v) is 5.92. The first kappa shape index (κ1) is 13.6. The van der Waals surface area contributed by atoms with Crippen molar-refractivity contribution in [3.63, 3.8) is 0 Å². The molecule has 17 heavy (non-hydrogen) atoms. The zero-order valence-corrected chi connectivity index (χ0v) is 10.9. The number of benzene rings is 1. The number of ketones is 1. The highest BCUT2D eigenvalue weighted by atomic mass is 16.5. The van der Waals surface area contributed by atoms with Crippen LogP contribution in [-0.4, -0.2) is 19.0 Å². The van der Waals surface area contributed by atoms with Crippen LogP contribution in [0.25, 0.3) is 0 Å². The second kappa shape index (κ2) is 6.28. The summed E-state index contributed by atoms with van der Waals surface area (Å²) >= 11 is 0. The molecule has 0 heterocycles. The third-order valence-electron chi connectivity index (χ3n) is 2.41. The highest BCUT2D eigenvalue weighted by Crippen LogP contribution is 2.32. The van der Waals surface area contributed by atoms with Crippen molar-refractivity contribution in [1.82, 2.24) is 0 Å². The Kier molecular flexibility index (Phi) is 5.01. The van der Waals surface area contributed by atoms with Gasteiger partial charge in [-0.05, 0) is 19.9 Å². The van der Waals surface area contributed by atoms with E-state index in [1.54, 1.807) is 7.11 Å². The fourth-order valence-electron chi connectivity index (χ4n) is 1.62. The standard InChI is InChI=1S/C14H20O3/c1-5-12(15)9-11-7-6-8-13(14(11)16-4)17-10(2)3/h6-8,10H,5,9H2,1-4H3. The first-order valence-electron chi connectivity index (χ1n) is 5.92. The average molecular weight is 236 g/mol. The van der Waals surface area contributed by atoms with E-state index in [1.165, 1.54) is 0 Å². The predicted molar refractivity (Wildman–Crippen MR) is 67.8 cm³/mol. The highest BCUT2D eigenvalue weighted by Gasteiger charge is 2.13. The van der Waals surface area contributed by atoms with Crippen LogP contribution in [0.15, 0.2) is 18.2 Å². The molecule has 0 saturated heterocycles. The predicted octanol–water partition coefficient (Wildman–Crippen LogP) is 3.00. The summed E-state index contributed by atoms with van der Waals surface area (Å²) in [6.45, 7) is 5.79. The molecule has 0 N–H and O–H groups in total. The number of para-hydroxylation sites is 1. The van der Waals surface area contributed by atoms with E-state index in [9.17, 15) is 4.79 Å². The Morgan fingerprint density at radius 1 is 1.35 bits per heavy atom. The van der Waals surface area contributed by atoms with Gasteiger partial charge in [-0.25, -0.2) is 0 Å². The maximum Gasteiger partial charge on any atom is 0.164 e. The Morgan fingerprint density at radius 3 is 2.59 bits per heavy atom. The van der Waals surface area contributed by atoms with Gasteiger partial charge in [-0.15, -0.1) is 0 Å². The maximum absolute atomic E-state index is 11.5.